The van der Waals surface area contributed by atoms with Crippen LogP contribution in [0.5, 0.6) is 0 Å². The molecule has 0 heteroatoms. The maximum Gasteiger partial charge on any atom is -0.0351 e. The molecule has 0 aromatic rings. The Kier molecular flexibility index (Phi) is 24.8. The topological polar surface area (TPSA) is 0 Å². The van der Waals surface area contributed by atoms with Gasteiger partial charge in [0.2, 0.25) is 0 Å². The van der Waals surface area contributed by atoms with E-state index in [2.05, 4.69) is 39.8 Å². The maximum absolute atomic E-state index is 2.49. The monoisotopic (exact) mass is 420 g/mol. The number of hydrogen-bond acceptors (Lipinski definition) is 0. The fourth-order valence-electron chi connectivity index (χ4n) is 4.58. The van der Waals surface area contributed by atoms with Gasteiger partial charge in [0, 0.05) is 0 Å². The molecule has 0 bridgehead atoms. The third kappa shape index (κ3) is 24.0. The maximum atomic E-state index is 2.49. The SMILES string of the molecule is CCCCC/C=C/CCCCC(C)CCCCCC(C)CCCCCCCCCC. The van der Waals surface area contributed by atoms with E-state index in [1.54, 1.807) is 0 Å². The van der Waals surface area contributed by atoms with Crippen LogP contribution in [0.4, 0.5) is 0 Å². The van der Waals surface area contributed by atoms with Gasteiger partial charge in [-0.05, 0) is 37.5 Å². The van der Waals surface area contributed by atoms with Gasteiger partial charge in [0.05, 0.1) is 0 Å². The molecule has 0 fully saturated rings. The summed E-state index contributed by atoms with van der Waals surface area (Å²) in [5, 5.41) is 0. The lowest BCUT2D eigenvalue weighted by atomic mass is 9.93. The van der Waals surface area contributed by atoms with Crippen LogP contribution in [0.2, 0.25) is 0 Å². The molecule has 0 saturated carbocycles. The van der Waals surface area contributed by atoms with E-state index in [0.717, 1.165) is 11.8 Å². The lowest BCUT2D eigenvalue weighted by Crippen LogP contribution is -1.97. The van der Waals surface area contributed by atoms with Crippen molar-refractivity contribution in [1.29, 1.82) is 0 Å². The summed E-state index contributed by atoms with van der Waals surface area (Å²) in [5.41, 5.74) is 0. The molecule has 0 aliphatic heterocycles. The van der Waals surface area contributed by atoms with E-state index in [9.17, 15) is 0 Å². The summed E-state index contributed by atoms with van der Waals surface area (Å²) in [5.74, 6) is 1.89. The highest BCUT2D eigenvalue weighted by molar-refractivity contribution is 4.81. The zero-order chi connectivity index (χ0) is 22.1. The third-order valence-electron chi connectivity index (χ3n) is 6.90. The molecule has 2 unspecified atom stereocenters. The normalized spacial score (nSPS) is 13.9. The standard InChI is InChI=1S/C30H60/c1-5-7-9-11-13-15-17-19-22-26-30(4)28-24-20-23-27-29(3)25-21-18-16-14-12-10-8-6-2/h13,15,29-30H,5-12,14,16-28H2,1-4H3/b15-13+. The minimum Gasteiger partial charge on any atom is -0.0885 e. The zero-order valence-corrected chi connectivity index (χ0v) is 21.9. The Balaban J connectivity index is 3.32. The summed E-state index contributed by atoms with van der Waals surface area (Å²) in [6.45, 7) is 9.55. The molecule has 0 amide bonds. The molecule has 180 valence electrons. The Morgan fingerprint density at radius 3 is 1.17 bits per heavy atom. The first-order chi connectivity index (χ1) is 14.7. The van der Waals surface area contributed by atoms with E-state index >= 15 is 0 Å². The second kappa shape index (κ2) is 25.0. The highest BCUT2D eigenvalue weighted by Gasteiger charge is 2.04. The van der Waals surface area contributed by atoms with Crippen molar-refractivity contribution in [3.63, 3.8) is 0 Å². The van der Waals surface area contributed by atoms with Crippen molar-refractivity contribution in [1.82, 2.24) is 0 Å². The van der Waals surface area contributed by atoms with Crippen LogP contribution in [-0.4, -0.2) is 0 Å². The summed E-state index contributed by atoms with van der Waals surface area (Å²) < 4.78 is 0. The lowest BCUT2D eigenvalue weighted by molar-refractivity contribution is 0.410. The predicted octanol–water partition coefficient (Wildman–Crippen LogP) is 11.4. The summed E-state index contributed by atoms with van der Waals surface area (Å²) in [6, 6.07) is 0. The predicted molar refractivity (Wildman–Crippen MR) is 140 cm³/mol. The molecule has 0 aromatic carbocycles. The van der Waals surface area contributed by atoms with E-state index in [1.165, 1.54) is 141 Å². The minimum absolute atomic E-state index is 0.938. The Labute approximate surface area is 193 Å². The van der Waals surface area contributed by atoms with Crippen molar-refractivity contribution in [3.8, 4) is 0 Å². The fourth-order valence-corrected chi connectivity index (χ4v) is 4.58. The van der Waals surface area contributed by atoms with Gasteiger partial charge >= 0.3 is 0 Å². The number of unbranched alkanes of at least 4 members (excludes halogenated alkanes) is 14. The fraction of sp³-hybridized carbons (Fsp3) is 0.933. The highest BCUT2D eigenvalue weighted by atomic mass is 14.1. The van der Waals surface area contributed by atoms with E-state index in [1.807, 2.05) is 0 Å². The van der Waals surface area contributed by atoms with Crippen LogP contribution in [0, 0.1) is 11.8 Å². The average Bonchev–Trinajstić information content (AvgIpc) is 2.74. The Morgan fingerprint density at radius 1 is 0.400 bits per heavy atom. The first kappa shape index (κ1) is 29.7. The van der Waals surface area contributed by atoms with E-state index in [0.29, 0.717) is 0 Å². The largest absolute Gasteiger partial charge is 0.0885 e. The van der Waals surface area contributed by atoms with Crippen LogP contribution in [0.25, 0.3) is 0 Å². The van der Waals surface area contributed by atoms with E-state index < -0.39 is 0 Å². The van der Waals surface area contributed by atoms with Gasteiger partial charge in [-0.15, -0.1) is 0 Å². The van der Waals surface area contributed by atoms with Crippen molar-refractivity contribution < 1.29 is 0 Å². The number of rotatable bonds is 24. The highest BCUT2D eigenvalue weighted by Crippen LogP contribution is 2.21. The summed E-state index contributed by atoms with van der Waals surface area (Å²) in [6.07, 6.45) is 36.2. The molecule has 0 aliphatic rings. The molecule has 0 heterocycles. The first-order valence-corrected chi connectivity index (χ1v) is 14.4. The van der Waals surface area contributed by atoms with Gasteiger partial charge in [0.25, 0.3) is 0 Å². The third-order valence-corrected chi connectivity index (χ3v) is 6.90. The molecule has 0 nitrogen and oxygen atoms in total. The van der Waals surface area contributed by atoms with Gasteiger partial charge in [-0.2, -0.15) is 0 Å². The molecular formula is C30H60. The molecule has 0 aliphatic carbocycles. The molecule has 0 saturated heterocycles. The quantitative estimate of drug-likeness (QED) is 0.107. The molecule has 2 atom stereocenters. The number of allylic oxidation sites excluding steroid dienone is 2. The molecule has 0 N–H and O–H groups in total. The summed E-state index contributed by atoms with van der Waals surface area (Å²) >= 11 is 0. The van der Waals surface area contributed by atoms with Crippen molar-refractivity contribution in [2.45, 2.75) is 169 Å². The Bertz CT molecular complexity index is 329. The van der Waals surface area contributed by atoms with Crippen molar-refractivity contribution in [2.75, 3.05) is 0 Å². The lowest BCUT2D eigenvalue weighted by Gasteiger charge is -2.13. The van der Waals surface area contributed by atoms with Crippen LogP contribution in [0.3, 0.4) is 0 Å². The Hall–Kier alpha value is -0.260. The van der Waals surface area contributed by atoms with Gasteiger partial charge in [0.15, 0.2) is 0 Å². The molecule has 0 spiro atoms. The molecule has 0 radical (unpaired) electrons. The summed E-state index contributed by atoms with van der Waals surface area (Å²) in [4.78, 5) is 0. The van der Waals surface area contributed by atoms with E-state index in [-0.39, 0.29) is 0 Å². The smallest absolute Gasteiger partial charge is 0.0351 e. The second-order valence-electron chi connectivity index (χ2n) is 10.4. The van der Waals surface area contributed by atoms with Crippen LogP contribution in [0.15, 0.2) is 12.2 Å². The zero-order valence-electron chi connectivity index (χ0n) is 21.9. The van der Waals surface area contributed by atoms with Crippen LogP contribution >= 0.6 is 0 Å². The summed E-state index contributed by atoms with van der Waals surface area (Å²) in [7, 11) is 0. The molecule has 0 rings (SSSR count). The van der Waals surface area contributed by atoms with Crippen LogP contribution in [0.1, 0.15) is 169 Å². The Morgan fingerprint density at radius 2 is 0.700 bits per heavy atom. The van der Waals surface area contributed by atoms with Gasteiger partial charge < -0.3 is 0 Å². The average molecular weight is 421 g/mol. The van der Waals surface area contributed by atoms with Crippen molar-refractivity contribution >= 4 is 0 Å². The first-order valence-electron chi connectivity index (χ1n) is 14.4. The molecule has 30 heavy (non-hydrogen) atoms. The van der Waals surface area contributed by atoms with Gasteiger partial charge in [-0.1, -0.05) is 155 Å². The van der Waals surface area contributed by atoms with Crippen molar-refractivity contribution in [2.24, 2.45) is 11.8 Å². The van der Waals surface area contributed by atoms with Gasteiger partial charge in [0.1, 0.15) is 0 Å². The van der Waals surface area contributed by atoms with E-state index in [4.69, 9.17) is 0 Å². The van der Waals surface area contributed by atoms with Crippen LogP contribution < -0.4 is 0 Å². The van der Waals surface area contributed by atoms with Crippen LogP contribution in [-0.2, 0) is 0 Å². The van der Waals surface area contributed by atoms with Crippen molar-refractivity contribution in [3.05, 3.63) is 12.2 Å². The second-order valence-corrected chi connectivity index (χ2v) is 10.4. The molecule has 0 aromatic heterocycles. The number of hydrogen-bond donors (Lipinski definition) is 0. The van der Waals surface area contributed by atoms with Gasteiger partial charge in [-0.3, -0.25) is 0 Å². The molecular weight excluding hydrogens is 360 g/mol. The minimum atomic E-state index is 0.938. The van der Waals surface area contributed by atoms with Gasteiger partial charge in [-0.25, -0.2) is 0 Å².